The number of carbonyl (C=O) groups is 2. The molecule has 206 valence electrons. The summed E-state index contributed by atoms with van der Waals surface area (Å²) in [4.78, 5) is 35.3. The van der Waals surface area contributed by atoms with Gasteiger partial charge in [0, 0.05) is 13.5 Å². The maximum Gasteiger partial charge on any atom is 0.416 e. The number of nitrogens with zero attached hydrogens (tertiary/aromatic N) is 4. The molecule has 3 atom stereocenters. The SMILES string of the molecule is CO[C@H](COC(Cc1cccc(C(F)(F)F)c1)(C(=O)O)C(=O)O)[C@@H](O)[C@H](F)n1cnc2c(N)nc(Cl)nc21. The maximum atomic E-state index is 15.3. The van der Waals surface area contributed by atoms with Gasteiger partial charge in [-0.05, 0) is 23.2 Å². The normalized spacial score (nSPS) is 14.8. The van der Waals surface area contributed by atoms with Crippen LogP contribution in [0.3, 0.4) is 0 Å². The number of rotatable bonds is 11. The van der Waals surface area contributed by atoms with Gasteiger partial charge in [0.05, 0.1) is 18.5 Å². The van der Waals surface area contributed by atoms with Gasteiger partial charge in [0.25, 0.3) is 5.60 Å². The molecule has 2 heterocycles. The first-order valence-corrected chi connectivity index (χ1v) is 10.9. The topological polar surface area (TPSA) is 183 Å². The third kappa shape index (κ3) is 5.77. The largest absolute Gasteiger partial charge is 0.479 e. The molecule has 0 saturated carbocycles. The van der Waals surface area contributed by atoms with Crippen LogP contribution >= 0.6 is 11.6 Å². The number of hydrogen-bond acceptors (Lipinski definition) is 9. The van der Waals surface area contributed by atoms with E-state index in [1.54, 1.807) is 0 Å². The fourth-order valence-electron chi connectivity index (χ4n) is 3.53. The van der Waals surface area contributed by atoms with Gasteiger partial charge in [-0.25, -0.2) is 19.0 Å². The second kappa shape index (κ2) is 11.0. The van der Waals surface area contributed by atoms with Crippen molar-refractivity contribution in [1.29, 1.82) is 0 Å². The van der Waals surface area contributed by atoms with Gasteiger partial charge in [-0.1, -0.05) is 18.2 Å². The van der Waals surface area contributed by atoms with Crippen molar-refractivity contribution in [3.8, 4) is 0 Å². The maximum absolute atomic E-state index is 15.3. The molecule has 17 heteroatoms. The summed E-state index contributed by atoms with van der Waals surface area (Å²) in [6, 6.07) is 3.35. The van der Waals surface area contributed by atoms with E-state index in [1.807, 2.05) is 0 Å². The molecule has 3 aromatic rings. The Labute approximate surface area is 215 Å². The molecular weight excluding hydrogens is 546 g/mol. The molecular formula is C21H20ClF4N5O7. The van der Waals surface area contributed by atoms with Gasteiger partial charge in [0.2, 0.25) is 11.6 Å². The highest BCUT2D eigenvalue weighted by Crippen LogP contribution is 2.31. The Bertz CT molecular complexity index is 1330. The number of halogens is 5. The van der Waals surface area contributed by atoms with Crippen molar-refractivity contribution < 1.29 is 51.9 Å². The molecule has 0 radical (unpaired) electrons. The smallest absolute Gasteiger partial charge is 0.416 e. The van der Waals surface area contributed by atoms with Crippen molar-refractivity contribution in [2.24, 2.45) is 0 Å². The molecule has 0 saturated heterocycles. The molecule has 0 fully saturated rings. The van der Waals surface area contributed by atoms with Gasteiger partial charge in [0.1, 0.15) is 17.7 Å². The van der Waals surface area contributed by atoms with E-state index in [4.69, 9.17) is 26.8 Å². The number of carboxylic acid groups (broad SMARTS) is 2. The number of hydrogen-bond donors (Lipinski definition) is 4. The van der Waals surface area contributed by atoms with Crippen molar-refractivity contribution >= 4 is 40.5 Å². The number of anilines is 1. The molecule has 3 rings (SSSR count). The minimum atomic E-state index is -4.77. The zero-order valence-corrected chi connectivity index (χ0v) is 20.0. The van der Waals surface area contributed by atoms with Gasteiger partial charge < -0.3 is 30.5 Å². The molecule has 0 spiro atoms. The Hall–Kier alpha value is -3.60. The number of fused-ring (bicyclic) bond motifs is 1. The number of aliphatic carboxylic acids is 2. The highest BCUT2D eigenvalue weighted by Gasteiger charge is 2.49. The lowest BCUT2D eigenvalue weighted by molar-refractivity contribution is -0.192. The van der Waals surface area contributed by atoms with E-state index in [-0.39, 0.29) is 27.8 Å². The van der Waals surface area contributed by atoms with Gasteiger partial charge >= 0.3 is 18.1 Å². The number of methoxy groups -OCH3 is 1. The van der Waals surface area contributed by atoms with E-state index >= 15 is 4.39 Å². The number of ether oxygens (including phenoxy) is 2. The zero-order chi connectivity index (χ0) is 28.4. The first-order chi connectivity index (χ1) is 17.7. The number of imidazole rings is 1. The van der Waals surface area contributed by atoms with Crippen LogP contribution in [0.25, 0.3) is 11.2 Å². The molecule has 2 aromatic heterocycles. The number of aliphatic hydroxyl groups is 1. The van der Waals surface area contributed by atoms with Crippen LogP contribution in [0.5, 0.6) is 0 Å². The van der Waals surface area contributed by atoms with Crippen molar-refractivity contribution in [3.05, 3.63) is 47.0 Å². The molecule has 12 nitrogen and oxygen atoms in total. The highest BCUT2D eigenvalue weighted by molar-refractivity contribution is 6.28. The minimum absolute atomic E-state index is 0.0358. The third-order valence-corrected chi connectivity index (χ3v) is 5.71. The van der Waals surface area contributed by atoms with E-state index in [2.05, 4.69) is 15.0 Å². The molecule has 0 aliphatic carbocycles. The summed E-state index contributed by atoms with van der Waals surface area (Å²) in [6.45, 7) is -1.000. The lowest BCUT2D eigenvalue weighted by Gasteiger charge is -2.30. The van der Waals surface area contributed by atoms with Crippen molar-refractivity contribution in [2.45, 2.75) is 36.7 Å². The Morgan fingerprint density at radius 3 is 2.45 bits per heavy atom. The monoisotopic (exact) mass is 565 g/mol. The number of aliphatic hydroxyl groups excluding tert-OH is 1. The van der Waals surface area contributed by atoms with Crippen molar-refractivity contribution in [3.63, 3.8) is 0 Å². The van der Waals surface area contributed by atoms with Crippen LogP contribution in [-0.4, -0.2) is 78.3 Å². The minimum Gasteiger partial charge on any atom is -0.479 e. The highest BCUT2D eigenvalue weighted by atomic mass is 35.5. The number of alkyl halides is 4. The summed E-state index contributed by atoms with van der Waals surface area (Å²) in [5.41, 5.74) is 0.874. The molecule has 0 aliphatic rings. The van der Waals surface area contributed by atoms with Gasteiger partial charge in [0.15, 0.2) is 11.5 Å². The average molecular weight is 566 g/mol. The zero-order valence-electron chi connectivity index (χ0n) is 19.3. The average Bonchev–Trinajstić information content (AvgIpc) is 3.26. The number of carboxylic acids is 2. The molecule has 5 N–H and O–H groups in total. The quantitative estimate of drug-likeness (QED) is 0.152. The van der Waals surface area contributed by atoms with Crippen LogP contribution in [-0.2, 0) is 31.7 Å². The second-order valence-electron chi connectivity index (χ2n) is 7.96. The molecule has 0 unspecified atom stereocenters. The summed E-state index contributed by atoms with van der Waals surface area (Å²) >= 11 is 5.74. The predicted molar refractivity (Wildman–Crippen MR) is 121 cm³/mol. The molecule has 0 amide bonds. The number of aromatic nitrogens is 4. The Kier molecular flexibility index (Phi) is 8.40. The van der Waals surface area contributed by atoms with Crippen molar-refractivity contribution in [1.82, 2.24) is 19.5 Å². The number of nitrogens with two attached hydrogens (primary N) is 1. The molecule has 0 bridgehead atoms. The second-order valence-corrected chi connectivity index (χ2v) is 8.30. The Morgan fingerprint density at radius 2 is 1.87 bits per heavy atom. The summed E-state index contributed by atoms with van der Waals surface area (Å²) in [7, 11) is 1.00. The summed E-state index contributed by atoms with van der Waals surface area (Å²) in [5.74, 6) is -4.27. The van der Waals surface area contributed by atoms with Crippen LogP contribution in [0.15, 0.2) is 30.6 Å². The fourth-order valence-corrected chi connectivity index (χ4v) is 3.70. The lowest BCUT2D eigenvalue weighted by atomic mass is 9.93. The standard InChI is InChI=1S/C21H20ClF4N5O7/c1-37-11(13(32)14(23)31-8-28-12-15(27)29-19(22)30-16(12)31)7-38-20(17(33)34,18(35)36)6-9-3-2-4-10(5-9)21(24,25)26/h2-5,8,11,13-14,32H,6-7H2,1H3,(H,33,34)(H,35,36)(H2,27,29,30)/t11-,13-,14-/m1/s1. The molecule has 1 aromatic carbocycles. The Balaban J connectivity index is 1.86. The Morgan fingerprint density at radius 1 is 1.21 bits per heavy atom. The van der Waals surface area contributed by atoms with E-state index in [9.17, 15) is 38.1 Å². The van der Waals surface area contributed by atoms with Crippen LogP contribution in [0.2, 0.25) is 5.28 Å². The van der Waals surface area contributed by atoms with E-state index in [1.165, 1.54) is 0 Å². The van der Waals surface area contributed by atoms with Crippen molar-refractivity contribution in [2.75, 3.05) is 19.5 Å². The number of benzene rings is 1. The van der Waals surface area contributed by atoms with Crippen LogP contribution < -0.4 is 5.73 Å². The summed E-state index contributed by atoms with van der Waals surface area (Å²) in [5, 5.41) is 29.6. The van der Waals surface area contributed by atoms with E-state index in [0.29, 0.717) is 6.07 Å². The predicted octanol–water partition coefficient (Wildman–Crippen LogP) is 2.09. The van der Waals surface area contributed by atoms with Crippen LogP contribution in [0.4, 0.5) is 23.4 Å². The van der Waals surface area contributed by atoms with Gasteiger partial charge in [-0.3, -0.25) is 4.57 Å². The van der Waals surface area contributed by atoms with Gasteiger partial charge in [-0.15, -0.1) is 0 Å². The van der Waals surface area contributed by atoms with Gasteiger partial charge in [-0.2, -0.15) is 23.1 Å². The number of nitrogen functional groups attached to an aromatic ring is 1. The summed E-state index contributed by atoms with van der Waals surface area (Å²) in [6.07, 6.45) is -11.0. The van der Waals surface area contributed by atoms with Crippen LogP contribution in [0, 0.1) is 0 Å². The lowest BCUT2D eigenvalue weighted by Crippen LogP contribution is -2.53. The van der Waals surface area contributed by atoms with E-state index < -0.39 is 60.8 Å². The summed E-state index contributed by atoms with van der Waals surface area (Å²) < 4.78 is 65.3. The van der Waals surface area contributed by atoms with Crippen LogP contribution in [0.1, 0.15) is 17.4 Å². The third-order valence-electron chi connectivity index (χ3n) is 5.54. The molecule has 0 aliphatic heterocycles. The molecule has 38 heavy (non-hydrogen) atoms. The van der Waals surface area contributed by atoms with E-state index in [0.717, 1.165) is 36.2 Å². The first kappa shape index (κ1) is 29.0. The fraction of sp³-hybridized carbons (Fsp3) is 0.381. The first-order valence-electron chi connectivity index (χ1n) is 10.5.